The molecule has 0 heterocycles. The predicted molar refractivity (Wildman–Crippen MR) is 69.8 cm³/mol. The Morgan fingerprint density at radius 3 is 2.38 bits per heavy atom. The summed E-state index contributed by atoms with van der Waals surface area (Å²) in [7, 11) is 0. The molecule has 0 nitrogen and oxygen atoms in total. The average Bonchev–Trinajstić information content (AvgIpc) is 2.53. The Morgan fingerprint density at radius 2 is 1.81 bits per heavy atom. The molecule has 90 valence electrons. The van der Waals surface area contributed by atoms with Crippen LogP contribution in [0.4, 0.5) is 0 Å². The number of hydrogen-bond acceptors (Lipinski definition) is 0. The molecule has 0 saturated heterocycles. The van der Waals surface area contributed by atoms with Crippen molar-refractivity contribution in [1.29, 1.82) is 0 Å². The summed E-state index contributed by atoms with van der Waals surface area (Å²) in [6.45, 7) is 4.76. The Bertz CT molecular complexity index is 354. The first-order valence-corrected chi connectivity index (χ1v) is 12.3. The second kappa shape index (κ2) is 4.14. The van der Waals surface area contributed by atoms with Crippen molar-refractivity contribution in [3.63, 3.8) is 0 Å². The molecule has 0 aliphatic heterocycles. The zero-order valence-corrected chi connectivity index (χ0v) is 13.2. The summed E-state index contributed by atoms with van der Waals surface area (Å²) in [6, 6.07) is 0. The van der Waals surface area contributed by atoms with E-state index < -0.39 is 16.6 Å². The van der Waals surface area contributed by atoms with Gasteiger partial charge in [0.05, 0.1) is 0 Å². The van der Waals surface area contributed by atoms with E-state index in [-0.39, 0.29) is 0 Å². The molecule has 0 N–H and O–H groups in total. The van der Waals surface area contributed by atoms with Gasteiger partial charge in [0.15, 0.2) is 0 Å². The van der Waals surface area contributed by atoms with Crippen LogP contribution < -0.4 is 0 Å². The summed E-state index contributed by atoms with van der Waals surface area (Å²) in [5.74, 6) is 0. The van der Waals surface area contributed by atoms with Crippen LogP contribution in [0, 0.1) is 0 Å². The molecule has 2 aliphatic rings. The summed E-state index contributed by atoms with van der Waals surface area (Å²) in [5, 5.41) is 7.79. The third-order valence-electron chi connectivity index (χ3n) is 4.84. The molecule has 1 atom stereocenters. The fraction of sp³-hybridized carbons (Fsp3) is 0.733. The van der Waals surface area contributed by atoms with Gasteiger partial charge >= 0.3 is 105 Å². The summed E-state index contributed by atoms with van der Waals surface area (Å²) < 4.78 is 0.542. The van der Waals surface area contributed by atoms with Crippen molar-refractivity contribution >= 4 is 0 Å². The molecule has 0 aromatic carbocycles. The zero-order valence-electron chi connectivity index (χ0n) is 11.6. The van der Waals surface area contributed by atoms with Gasteiger partial charge in [0.2, 0.25) is 0 Å². The topological polar surface area (TPSA) is 0 Å². The standard InChI is InChI=1S/C12H17.3CH3.Ti/c1-3-10-8-9(2)11-6-4-5-7-12(10)11;;;;/h8H,3-7H2,1-2H3;3*1H3;. The van der Waals surface area contributed by atoms with E-state index >= 15 is 0 Å². The fourth-order valence-corrected chi connectivity index (χ4v) is 8.41. The van der Waals surface area contributed by atoms with Gasteiger partial charge in [-0.1, -0.05) is 0 Å². The van der Waals surface area contributed by atoms with Crippen LogP contribution in [-0.2, 0) is 16.6 Å². The van der Waals surface area contributed by atoms with Crippen LogP contribution in [0.25, 0.3) is 0 Å². The van der Waals surface area contributed by atoms with Gasteiger partial charge in [0.1, 0.15) is 0 Å². The summed E-state index contributed by atoms with van der Waals surface area (Å²) >= 11 is -1.69. The van der Waals surface area contributed by atoms with Crippen molar-refractivity contribution in [3.8, 4) is 0 Å². The second-order valence-electron chi connectivity index (χ2n) is 6.57. The maximum absolute atomic E-state index is 2.67. The average molecular weight is 254 g/mol. The molecular weight excluding hydrogens is 228 g/mol. The summed E-state index contributed by atoms with van der Waals surface area (Å²) in [4.78, 5) is 0. The van der Waals surface area contributed by atoms with Gasteiger partial charge in [-0.15, -0.1) is 0 Å². The first kappa shape index (κ1) is 12.6. The Labute approximate surface area is 105 Å². The Morgan fingerprint density at radius 1 is 1.19 bits per heavy atom. The van der Waals surface area contributed by atoms with E-state index in [1.54, 1.807) is 11.1 Å². The van der Waals surface area contributed by atoms with E-state index in [0.29, 0.717) is 3.72 Å². The van der Waals surface area contributed by atoms with E-state index in [1.807, 2.05) is 5.57 Å². The van der Waals surface area contributed by atoms with Crippen molar-refractivity contribution in [2.45, 2.75) is 65.4 Å². The summed E-state index contributed by atoms with van der Waals surface area (Å²) in [5.41, 5.74) is 5.25. The van der Waals surface area contributed by atoms with Crippen molar-refractivity contribution in [3.05, 3.63) is 22.8 Å². The van der Waals surface area contributed by atoms with Crippen LogP contribution in [0.3, 0.4) is 0 Å². The van der Waals surface area contributed by atoms with Crippen LogP contribution in [-0.4, -0.2) is 0 Å². The van der Waals surface area contributed by atoms with Crippen LogP contribution in [0.5, 0.6) is 0 Å². The fourth-order valence-electron chi connectivity index (χ4n) is 3.89. The molecular formula is C15H26Ti. The third kappa shape index (κ3) is 1.69. The molecule has 0 amide bonds. The monoisotopic (exact) mass is 254 g/mol. The number of rotatable bonds is 2. The Balaban J connectivity index is 2.53. The van der Waals surface area contributed by atoms with Crippen molar-refractivity contribution in [2.24, 2.45) is 0 Å². The van der Waals surface area contributed by atoms with E-state index in [2.05, 4.69) is 35.6 Å². The minimum atomic E-state index is -1.69. The molecule has 0 aromatic heterocycles. The van der Waals surface area contributed by atoms with Gasteiger partial charge in [-0.2, -0.15) is 0 Å². The molecule has 1 unspecified atom stereocenters. The molecule has 2 aliphatic carbocycles. The van der Waals surface area contributed by atoms with Crippen LogP contribution >= 0.6 is 0 Å². The number of hydrogen-bond donors (Lipinski definition) is 0. The normalized spacial score (nSPS) is 30.4. The van der Waals surface area contributed by atoms with Gasteiger partial charge in [0, 0.05) is 0 Å². The molecule has 0 spiro atoms. The molecule has 0 fully saturated rings. The first-order valence-electron chi connectivity index (χ1n) is 6.85. The molecule has 0 saturated carbocycles. The van der Waals surface area contributed by atoms with Gasteiger partial charge in [-0.05, 0) is 0 Å². The van der Waals surface area contributed by atoms with Crippen molar-refractivity contribution in [1.82, 2.24) is 0 Å². The quantitative estimate of drug-likeness (QED) is 0.556. The SMILES string of the molecule is CC[C]1([Ti]([CH3])([CH3])[CH3])C=C(C)C2=C1CCCC2. The van der Waals surface area contributed by atoms with E-state index in [9.17, 15) is 0 Å². The van der Waals surface area contributed by atoms with Crippen LogP contribution in [0.2, 0.25) is 19.4 Å². The van der Waals surface area contributed by atoms with Gasteiger partial charge in [0.25, 0.3) is 0 Å². The van der Waals surface area contributed by atoms with Crippen LogP contribution in [0.1, 0.15) is 46.0 Å². The Kier molecular flexibility index (Phi) is 3.27. The maximum atomic E-state index is 2.67. The van der Waals surface area contributed by atoms with Crippen molar-refractivity contribution < 1.29 is 16.6 Å². The van der Waals surface area contributed by atoms with Gasteiger partial charge < -0.3 is 0 Å². The second-order valence-corrected chi connectivity index (χ2v) is 15.0. The predicted octanol–water partition coefficient (Wildman–Crippen LogP) is 5.68. The first-order chi connectivity index (χ1) is 7.42. The molecule has 2 rings (SSSR count). The van der Waals surface area contributed by atoms with Gasteiger partial charge in [-0.3, -0.25) is 0 Å². The molecule has 0 bridgehead atoms. The van der Waals surface area contributed by atoms with E-state index in [4.69, 9.17) is 0 Å². The number of allylic oxidation sites excluding steroid dienone is 4. The third-order valence-corrected chi connectivity index (χ3v) is 10.3. The van der Waals surface area contributed by atoms with Crippen molar-refractivity contribution in [2.75, 3.05) is 0 Å². The van der Waals surface area contributed by atoms with Crippen LogP contribution in [0.15, 0.2) is 22.8 Å². The Hall–Kier alpha value is 0.194. The zero-order chi connectivity index (χ0) is 12.0. The molecule has 0 radical (unpaired) electrons. The molecule has 1 heteroatoms. The molecule has 0 aromatic rings. The minimum absolute atomic E-state index is 0.542. The van der Waals surface area contributed by atoms with E-state index in [1.165, 1.54) is 32.1 Å². The summed E-state index contributed by atoms with van der Waals surface area (Å²) in [6.07, 6.45) is 9.61. The molecule has 16 heavy (non-hydrogen) atoms. The van der Waals surface area contributed by atoms with E-state index in [0.717, 1.165) is 0 Å². The van der Waals surface area contributed by atoms with Gasteiger partial charge in [-0.25, -0.2) is 0 Å².